The van der Waals surface area contributed by atoms with E-state index in [4.69, 9.17) is 0 Å². The third-order valence-corrected chi connectivity index (χ3v) is 5.86. The molecular formula is C27H30FN3O. The van der Waals surface area contributed by atoms with Gasteiger partial charge in [-0.15, -0.1) is 0 Å². The molecule has 0 bridgehead atoms. The molecule has 1 fully saturated rings. The predicted octanol–water partition coefficient (Wildman–Crippen LogP) is 4.52. The molecule has 1 aliphatic rings. The second-order valence-corrected chi connectivity index (χ2v) is 8.66. The number of carbonyl (C=O) groups is 1. The Hall–Kier alpha value is -3.02. The number of amides is 1. The minimum Gasteiger partial charge on any atom is -0.348 e. The molecule has 2 N–H and O–H groups in total. The van der Waals surface area contributed by atoms with Crippen LogP contribution in [0.4, 0.5) is 4.39 Å². The molecule has 0 saturated carbocycles. The summed E-state index contributed by atoms with van der Waals surface area (Å²) >= 11 is 0. The van der Waals surface area contributed by atoms with Crippen molar-refractivity contribution in [1.82, 2.24) is 15.5 Å². The van der Waals surface area contributed by atoms with E-state index < -0.39 is 0 Å². The van der Waals surface area contributed by atoms with E-state index in [0.717, 1.165) is 42.9 Å². The lowest BCUT2D eigenvalue weighted by Gasteiger charge is -2.31. The highest BCUT2D eigenvalue weighted by atomic mass is 19.1. The lowest BCUT2D eigenvalue weighted by molar-refractivity contribution is 0.0951. The number of rotatable bonds is 6. The molecule has 0 radical (unpaired) electrons. The Balaban J connectivity index is 1.47. The van der Waals surface area contributed by atoms with Gasteiger partial charge in [0.15, 0.2) is 0 Å². The molecular weight excluding hydrogens is 401 g/mol. The van der Waals surface area contributed by atoms with Crippen LogP contribution < -0.4 is 10.6 Å². The number of hydrogen-bond acceptors (Lipinski definition) is 3. The monoisotopic (exact) mass is 431 g/mol. The van der Waals surface area contributed by atoms with Gasteiger partial charge in [-0.05, 0) is 60.9 Å². The Bertz CT molecular complexity index is 1100. The molecule has 1 saturated heterocycles. The smallest absolute Gasteiger partial charge is 0.251 e. The van der Waals surface area contributed by atoms with Crippen molar-refractivity contribution in [2.45, 2.75) is 33.0 Å². The summed E-state index contributed by atoms with van der Waals surface area (Å²) < 4.78 is 14.7. The zero-order valence-electron chi connectivity index (χ0n) is 18.7. The van der Waals surface area contributed by atoms with Gasteiger partial charge in [0.25, 0.3) is 5.91 Å². The van der Waals surface area contributed by atoms with Crippen molar-refractivity contribution >= 4 is 5.91 Å². The first-order valence-corrected chi connectivity index (χ1v) is 11.2. The van der Waals surface area contributed by atoms with Crippen LogP contribution in [0, 0.1) is 12.7 Å². The van der Waals surface area contributed by atoms with Crippen molar-refractivity contribution in [2.24, 2.45) is 0 Å². The summed E-state index contributed by atoms with van der Waals surface area (Å²) in [6.45, 7) is 8.37. The van der Waals surface area contributed by atoms with E-state index in [9.17, 15) is 9.18 Å². The molecule has 0 aliphatic carbocycles. The van der Waals surface area contributed by atoms with Gasteiger partial charge in [-0.2, -0.15) is 0 Å². The largest absolute Gasteiger partial charge is 0.348 e. The normalized spacial score (nSPS) is 16.7. The average Bonchev–Trinajstić information content (AvgIpc) is 2.78. The molecule has 0 spiro atoms. The van der Waals surface area contributed by atoms with Gasteiger partial charge in [0.2, 0.25) is 0 Å². The number of halogens is 1. The fourth-order valence-electron chi connectivity index (χ4n) is 4.23. The van der Waals surface area contributed by atoms with E-state index in [-0.39, 0.29) is 11.7 Å². The number of benzene rings is 3. The lowest BCUT2D eigenvalue weighted by atomic mass is 10.00. The zero-order valence-corrected chi connectivity index (χ0v) is 18.7. The van der Waals surface area contributed by atoms with Crippen LogP contribution in [0.15, 0.2) is 66.7 Å². The minimum absolute atomic E-state index is 0.133. The fourth-order valence-corrected chi connectivity index (χ4v) is 4.23. The maximum absolute atomic E-state index is 14.7. The molecule has 1 heterocycles. The summed E-state index contributed by atoms with van der Waals surface area (Å²) in [7, 11) is 0. The van der Waals surface area contributed by atoms with Crippen LogP contribution in [-0.4, -0.2) is 36.5 Å². The maximum Gasteiger partial charge on any atom is 0.251 e. The van der Waals surface area contributed by atoms with Gasteiger partial charge >= 0.3 is 0 Å². The van der Waals surface area contributed by atoms with Crippen LogP contribution in [-0.2, 0) is 13.1 Å². The topological polar surface area (TPSA) is 44.4 Å². The van der Waals surface area contributed by atoms with Crippen LogP contribution in [0.5, 0.6) is 0 Å². The van der Waals surface area contributed by atoms with Gasteiger partial charge in [-0.1, -0.05) is 42.0 Å². The van der Waals surface area contributed by atoms with Gasteiger partial charge in [0.1, 0.15) is 5.82 Å². The second kappa shape index (κ2) is 10.1. The van der Waals surface area contributed by atoms with E-state index >= 15 is 0 Å². The molecule has 4 nitrogen and oxygen atoms in total. The molecule has 1 unspecified atom stereocenters. The molecule has 1 atom stereocenters. The van der Waals surface area contributed by atoms with Gasteiger partial charge in [0.05, 0.1) is 0 Å². The minimum atomic E-state index is -0.258. The standard InChI is InChI=1S/C27H30FN3O/c1-19-5-3-8-24(13-19)27(32)30-16-21-9-10-26(28)25(15-21)23-7-4-6-22(14-23)18-31-12-11-29-20(2)17-31/h3-10,13-15,20,29H,11-12,16-18H2,1-2H3,(H,30,32). The predicted molar refractivity (Wildman–Crippen MR) is 127 cm³/mol. The molecule has 1 aliphatic heterocycles. The Morgan fingerprint density at radius 1 is 1.09 bits per heavy atom. The number of piperazine rings is 1. The summed E-state index contributed by atoms with van der Waals surface area (Å²) in [6, 6.07) is 21.1. The summed E-state index contributed by atoms with van der Waals surface area (Å²) in [5.41, 5.74) is 5.12. The third-order valence-electron chi connectivity index (χ3n) is 5.86. The number of carbonyl (C=O) groups excluding carboxylic acids is 1. The highest BCUT2D eigenvalue weighted by molar-refractivity contribution is 5.94. The molecule has 166 valence electrons. The average molecular weight is 432 g/mol. The van der Waals surface area contributed by atoms with Crippen LogP contribution in [0.1, 0.15) is 34.0 Å². The summed E-state index contributed by atoms with van der Waals surface area (Å²) in [5.74, 6) is -0.390. The highest BCUT2D eigenvalue weighted by Crippen LogP contribution is 2.26. The van der Waals surface area contributed by atoms with Crippen LogP contribution in [0.3, 0.4) is 0 Å². The summed E-state index contributed by atoms with van der Waals surface area (Å²) in [4.78, 5) is 14.9. The Morgan fingerprint density at radius 3 is 2.75 bits per heavy atom. The molecule has 4 rings (SSSR count). The van der Waals surface area contributed by atoms with E-state index in [1.807, 2.05) is 43.3 Å². The number of nitrogens with one attached hydrogen (secondary N) is 2. The van der Waals surface area contributed by atoms with Crippen molar-refractivity contribution in [3.63, 3.8) is 0 Å². The van der Waals surface area contributed by atoms with Crippen LogP contribution in [0.25, 0.3) is 11.1 Å². The Kier molecular flexibility index (Phi) is 6.98. The second-order valence-electron chi connectivity index (χ2n) is 8.66. The fraction of sp³-hybridized carbons (Fsp3) is 0.296. The lowest BCUT2D eigenvalue weighted by Crippen LogP contribution is -2.48. The first-order valence-electron chi connectivity index (χ1n) is 11.2. The maximum atomic E-state index is 14.7. The van der Waals surface area contributed by atoms with Crippen molar-refractivity contribution in [2.75, 3.05) is 19.6 Å². The third kappa shape index (κ3) is 5.61. The van der Waals surface area contributed by atoms with Gasteiger partial charge in [-0.3, -0.25) is 9.69 Å². The van der Waals surface area contributed by atoms with Crippen molar-refractivity contribution in [3.05, 3.63) is 94.8 Å². The van der Waals surface area contributed by atoms with Gasteiger partial charge in [-0.25, -0.2) is 4.39 Å². The van der Waals surface area contributed by atoms with Gasteiger partial charge in [0, 0.05) is 49.9 Å². The van der Waals surface area contributed by atoms with Crippen molar-refractivity contribution in [3.8, 4) is 11.1 Å². The molecule has 32 heavy (non-hydrogen) atoms. The van der Waals surface area contributed by atoms with E-state index in [2.05, 4.69) is 34.6 Å². The molecule has 5 heteroatoms. The van der Waals surface area contributed by atoms with Crippen LogP contribution >= 0.6 is 0 Å². The van der Waals surface area contributed by atoms with Crippen LogP contribution in [0.2, 0.25) is 0 Å². The van der Waals surface area contributed by atoms with Crippen molar-refractivity contribution in [1.29, 1.82) is 0 Å². The van der Waals surface area contributed by atoms with E-state index in [1.54, 1.807) is 12.1 Å². The number of aryl methyl sites for hydroxylation is 1. The molecule has 3 aromatic rings. The molecule has 3 aromatic carbocycles. The molecule has 1 amide bonds. The first kappa shape index (κ1) is 22.2. The quantitative estimate of drug-likeness (QED) is 0.603. The SMILES string of the molecule is Cc1cccc(C(=O)NCc2ccc(F)c(-c3cccc(CN4CCNC(C)C4)c3)c2)c1. The van der Waals surface area contributed by atoms with E-state index in [0.29, 0.717) is 23.7 Å². The number of hydrogen-bond donors (Lipinski definition) is 2. The van der Waals surface area contributed by atoms with E-state index in [1.165, 1.54) is 11.6 Å². The zero-order chi connectivity index (χ0) is 22.5. The Morgan fingerprint density at radius 2 is 1.94 bits per heavy atom. The number of nitrogens with zero attached hydrogens (tertiary/aromatic N) is 1. The highest BCUT2D eigenvalue weighted by Gasteiger charge is 2.16. The molecule has 0 aromatic heterocycles. The van der Waals surface area contributed by atoms with Crippen molar-refractivity contribution < 1.29 is 9.18 Å². The summed E-state index contributed by atoms with van der Waals surface area (Å²) in [5, 5.41) is 6.40. The first-order chi connectivity index (χ1) is 15.5. The van der Waals surface area contributed by atoms with Gasteiger partial charge < -0.3 is 10.6 Å². The Labute approximate surface area is 189 Å². The summed E-state index contributed by atoms with van der Waals surface area (Å²) in [6.07, 6.45) is 0.